The Bertz CT molecular complexity index is 1550. The molecule has 0 radical (unpaired) electrons. The van der Waals surface area contributed by atoms with Gasteiger partial charge in [-0.05, 0) is 79.2 Å². The van der Waals surface area contributed by atoms with E-state index < -0.39 is 41.2 Å². The van der Waals surface area contributed by atoms with Crippen LogP contribution < -0.4 is 14.4 Å². The number of nitrogens with zero attached hydrogens (tertiary/aromatic N) is 1. The molecule has 1 unspecified atom stereocenters. The number of carbonyl (C=O) groups excluding carboxylic acids is 3. The Kier molecular flexibility index (Phi) is 8.60. The van der Waals surface area contributed by atoms with Gasteiger partial charge in [0, 0.05) is 10.0 Å². The summed E-state index contributed by atoms with van der Waals surface area (Å²) >= 11 is 3.25. The summed E-state index contributed by atoms with van der Waals surface area (Å²) in [5, 5.41) is 22.1. The molecule has 11 heteroatoms. The van der Waals surface area contributed by atoms with Gasteiger partial charge in [0.05, 0.1) is 43.3 Å². The molecule has 1 heterocycles. The molecule has 41 heavy (non-hydrogen) atoms. The lowest BCUT2D eigenvalue weighted by molar-refractivity contribution is -0.152. The van der Waals surface area contributed by atoms with Crippen LogP contribution in [0.2, 0.25) is 0 Å². The Labute approximate surface area is 243 Å². The summed E-state index contributed by atoms with van der Waals surface area (Å²) in [7, 11) is 2.94. The van der Waals surface area contributed by atoms with Crippen molar-refractivity contribution in [3.8, 4) is 11.5 Å². The number of methoxy groups -OCH3 is 2. The van der Waals surface area contributed by atoms with Crippen molar-refractivity contribution >= 4 is 50.8 Å². The number of aliphatic hydroxyl groups is 1. The van der Waals surface area contributed by atoms with Gasteiger partial charge in [-0.15, -0.1) is 0 Å². The number of ether oxygens (including phenoxy) is 3. The van der Waals surface area contributed by atoms with Crippen molar-refractivity contribution in [3.05, 3.63) is 93.5 Å². The number of benzene rings is 3. The van der Waals surface area contributed by atoms with Gasteiger partial charge in [0.2, 0.25) is 11.5 Å². The van der Waals surface area contributed by atoms with Gasteiger partial charge in [0.15, 0.2) is 5.78 Å². The second kappa shape index (κ2) is 11.9. The number of Topliss-reactive ketones (excluding diaryl/α,β-unsaturated/α-hetero) is 2. The molecule has 0 spiro atoms. The van der Waals surface area contributed by atoms with Crippen molar-refractivity contribution in [1.82, 2.24) is 0 Å². The van der Waals surface area contributed by atoms with Crippen LogP contribution in [0.3, 0.4) is 0 Å². The minimum Gasteiger partial charge on any atom is -0.497 e. The summed E-state index contributed by atoms with van der Waals surface area (Å²) in [4.78, 5) is 54.3. The Morgan fingerprint density at radius 3 is 2.05 bits per heavy atom. The Hall–Kier alpha value is -4.48. The number of ketones is 2. The zero-order valence-corrected chi connectivity index (χ0v) is 23.9. The van der Waals surface area contributed by atoms with E-state index in [4.69, 9.17) is 14.2 Å². The van der Waals surface area contributed by atoms with Crippen LogP contribution in [0.5, 0.6) is 11.5 Å². The van der Waals surface area contributed by atoms with Gasteiger partial charge in [-0.3, -0.25) is 14.4 Å². The lowest BCUT2D eigenvalue weighted by atomic mass is 9.93. The Balaban J connectivity index is 2.06. The number of anilines is 1. The van der Waals surface area contributed by atoms with Crippen LogP contribution in [0.15, 0.2) is 76.8 Å². The van der Waals surface area contributed by atoms with Gasteiger partial charge < -0.3 is 29.3 Å². The summed E-state index contributed by atoms with van der Waals surface area (Å²) in [6, 6.07) is 16.5. The van der Waals surface area contributed by atoms with Crippen molar-refractivity contribution in [2.24, 2.45) is 0 Å². The molecule has 4 rings (SSSR count). The second-order valence-corrected chi connectivity index (χ2v) is 9.85. The van der Waals surface area contributed by atoms with Crippen LogP contribution in [0.25, 0.3) is 5.70 Å². The Morgan fingerprint density at radius 2 is 1.51 bits per heavy atom. The van der Waals surface area contributed by atoms with Crippen LogP contribution in [0, 0.1) is 0 Å². The summed E-state index contributed by atoms with van der Waals surface area (Å²) in [5.74, 6) is -3.17. The number of esters is 1. The smallest absolute Gasteiger partial charge is 0.337 e. The van der Waals surface area contributed by atoms with Crippen LogP contribution >= 0.6 is 15.9 Å². The summed E-state index contributed by atoms with van der Waals surface area (Å²) in [6.07, 6.45) is -0.881. The molecule has 212 valence electrons. The molecule has 0 saturated carbocycles. The number of aromatic carboxylic acids is 1. The third kappa shape index (κ3) is 5.59. The fourth-order valence-corrected chi connectivity index (χ4v) is 4.95. The molecule has 0 aliphatic carbocycles. The largest absolute Gasteiger partial charge is 0.497 e. The first kappa shape index (κ1) is 29.5. The van der Waals surface area contributed by atoms with Crippen molar-refractivity contribution in [3.63, 3.8) is 0 Å². The number of hydrogen-bond donors (Lipinski definition) is 2. The summed E-state index contributed by atoms with van der Waals surface area (Å²) < 4.78 is 15.9. The summed E-state index contributed by atoms with van der Waals surface area (Å²) in [5.41, 5.74) is -3.24. The van der Waals surface area contributed by atoms with Gasteiger partial charge in [-0.2, -0.15) is 0 Å². The number of halogens is 1. The Morgan fingerprint density at radius 1 is 0.927 bits per heavy atom. The first-order valence-electron chi connectivity index (χ1n) is 12.4. The maximum absolute atomic E-state index is 14.2. The molecule has 1 aliphatic heterocycles. The standard InChI is InChI=1S/C30H26BrNO9/c1-4-41-24(33)16-30(38)28(35)25(27(34)18-7-12-21(40-3)13-8-18)26(17-5-10-20(39-2)11-6-17)32(30)23-14-9-19(31)15-22(23)29(36)37/h5-15,38H,4,16H2,1-3H3,(H,36,37). The molecule has 0 bridgehead atoms. The molecule has 10 nitrogen and oxygen atoms in total. The van der Waals surface area contributed by atoms with Gasteiger partial charge in [0.1, 0.15) is 17.9 Å². The van der Waals surface area contributed by atoms with Crippen LogP contribution in [0.1, 0.15) is 39.6 Å². The highest BCUT2D eigenvalue weighted by Crippen LogP contribution is 2.46. The molecule has 0 saturated heterocycles. The topological polar surface area (TPSA) is 140 Å². The van der Waals surface area contributed by atoms with E-state index in [1.165, 1.54) is 44.6 Å². The number of carboxylic acid groups (broad SMARTS) is 1. The zero-order chi connectivity index (χ0) is 29.9. The lowest BCUT2D eigenvalue weighted by Gasteiger charge is -2.36. The SMILES string of the molecule is CCOC(=O)CC1(O)C(=O)C(C(=O)c2ccc(OC)cc2)=C(c2ccc(OC)cc2)N1c1ccc(Br)cc1C(=O)O. The molecule has 0 aromatic heterocycles. The van der Waals surface area contributed by atoms with Gasteiger partial charge >= 0.3 is 11.9 Å². The zero-order valence-electron chi connectivity index (χ0n) is 22.3. The quantitative estimate of drug-likeness (QED) is 0.188. The third-order valence-corrected chi connectivity index (χ3v) is 6.98. The maximum atomic E-state index is 14.2. The van der Waals surface area contributed by atoms with E-state index in [1.807, 2.05) is 0 Å². The van der Waals surface area contributed by atoms with E-state index in [-0.39, 0.29) is 34.7 Å². The second-order valence-electron chi connectivity index (χ2n) is 8.94. The number of carboxylic acids is 1. The first-order chi connectivity index (χ1) is 19.5. The predicted molar refractivity (Wildman–Crippen MR) is 152 cm³/mol. The lowest BCUT2D eigenvalue weighted by Crippen LogP contribution is -2.52. The fourth-order valence-electron chi connectivity index (χ4n) is 4.59. The van der Waals surface area contributed by atoms with Crippen molar-refractivity contribution in [1.29, 1.82) is 0 Å². The van der Waals surface area contributed by atoms with E-state index in [0.717, 1.165) is 4.90 Å². The summed E-state index contributed by atoms with van der Waals surface area (Å²) in [6.45, 7) is 1.53. The molecule has 0 amide bonds. The number of rotatable bonds is 10. The van der Waals surface area contributed by atoms with E-state index >= 15 is 0 Å². The molecule has 0 fully saturated rings. The van der Waals surface area contributed by atoms with Crippen molar-refractivity contribution in [2.75, 3.05) is 25.7 Å². The van der Waals surface area contributed by atoms with Crippen LogP contribution in [0.4, 0.5) is 5.69 Å². The highest BCUT2D eigenvalue weighted by atomic mass is 79.9. The van der Waals surface area contributed by atoms with Gasteiger partial charge in [0.25, 0.3) is 0 Å². The molecular weight excluding hydrogens is 598 g/mol. The van der Waals surface area contributed by atoms with Gasteiger partial charge in [-0.1, -0.05) is 15.9 Å². The van der Waals surface area contributed by atoms with Crippen molar-refractivity contribution in [2.45, 2.75) is 19.1 Å². The molecule has 1 atom stereocenters. The van der Waals surface area contributed by atoms with Crippen LogP contribution in [-0.2, 0) is 14.3 Å². The minimum atomic E-state index is -2.70. The monoisotopic (exact) mass is 623 g/mol. The normalized spacial score (nSPS) is 16.5. The molecule has 2 N–H and O–H groups in total. The van der Waals surface area contributed by atoms with E-state index in [9.17, 15) is 29.4 Å². The number of carbonyl (C=O) groups is 4. The minimum absolute atomic E-state index is 0.0296. The number of hydrogen-bond acceptors (Lipinski definition) is 9. The highest BCUT2D eigenvalue weighted by molar-refractivity contribution is 9.10. The third-order valence-electron chi connectivity index (χ3n) is 6.49. The first-order valence-corrected chi connectivity index (χ1v) is 13.2. The molecule has 1 aliphatic rings. The highest BCUT2D eigenvalue weighted by Gasteiger charge is 2.56. The molecule has 3 aromatic rings. The maximum Gasteiger partial charge on any atom is 0.337 e. The van der Waals surface area contributed by atoms with E-state index in [1.54, 1.807) is 43.3 Å². The fraction of sp³-hybridized carbons (Fsp3) is 0.200. The van der Waals surface area contributed by atoms with E-state index in [0.29, 0.717) is 16.0 Å². The van der Waals surface area contributed by atoms with Crippen molar-refractivity contribution < 1.29 is 43.6 Å². The van der Waals surface area contributed by atoms with Crippen LogP contribution in [-0.4, -0.2) is 60.3 Å². The van der Waals surface area contributed by atoms with E-state index in [2.05, 4.69) is 15.9 Å². The average molecular weight is 624 g/mol. The molecular formula is C30H26BrNO9. The van der Waals surface area contributed by atoms with Gasteiger partial charge in [-0.25, -0.2) is 4.79 Å². The average Bonchev–Trinajstić information content (AvgIpc) is 3.18. The predicted octanol–water partition coefficient (Wildman–Crippen LogP) is 4.49. The molecule has 3 aromatic carbocycles.